The number of nitrogens with one attached hydrogen (secondary N) is 1. The van der Waals surface area contributed by atoms with Crippen molar-refractivity contribution in [2.24, 2.45) is 0 Å². The van der Waals surface area contributed by atoms with Crippen LogP contribution in [0.2, 0.25) is 0 Å². The Kier molecular flexibility index (Phi) is 5.21. The van der Waals surface area contributed by atoms with Gasteiger partial charge in [-0.05, 0) is 29.8 Å². The van der Waals surface area contributed by atoms with Gasteiger partial charge in [0, 0.05) is 22.6 Å². The van der Waals surface area contributed by atoms with Crippen LogP contribution in [0.4, 0.5) is 10.1 Å². The highest BCUT2D eigenvalue weighted by atomic mass is 32.2. The minimum Gasteiger partial charge on any atom is -0.495 e. The molecule has 1 aromatic heterocycles. The molecule has 0 radical (unpaired) electrons. The molecule has 0 saturated carbocycles. The lowest BCUT2D eigenvalue weighted by Crippen LogP contribution is -2.14. The van der Waals surface area contributed by atoms with Gasteiger partial charge in [0.05, 0.1) is 18.6 Å². The van der Waals surface area contributed by atoms with E-state index in [9.17, 15) is 9.18 Å². The van der Waals surface area contributed by atoms with Crippen LogP contribution in [0.3, 0.4) is 0 Å². The molecule has 1 amide bonds. The van der Waals surface area contributed by atoms with Gasteiger partial charge < -0.3 is 14.5 Å². The molecule has 0 unspecified atom stereocenters. The summed E-state index contributed by atoms with van der Waals surface area (Å²) in [6, 6.07) is 17.7. The van der Waals surface area contributed by atoms with Crippen molar-refractivity contribution in [3.8, 4) is 5.75 Å². The number of anilines is 1. The Morgan fingerprint density at radius 1 is 1.07 bits per heavy atom. The number of para-hydroxylation sites is 1. The normalized spacial score (nSPS) is 11.1. The number of amides is 1. The van der Waals surface area contributed by atoms with Gasteiger partial charge in [0.1, 0.15) is 22.7 Å². The van der Waals surface area contributed by atoms with Gasteiger partial charge in [-0.25, -0.2) is 4.39 Å². The number of hydrogen-bond acceptors (Lipinski definition) is 4. The van der Waals surface area contributed by atoms with Crippen LogP contribution in [-0.4, -0.2) is 18.8 Å². The van der Waals surface area contributed by atoms with Gasteiger partial charge in [0.2, 0.25) is 5.91 Å². The number of benzene rings is 3. The lowest BCUT2D eigenvalue weighted by atomic mass is 10.1. The molecule has 28 heavy (non-hydrogen) atoms. The molecule has 0 aliphatic heterocycles. The molecule has 4 aromatic rings. The van der Waals surface area contributed by atoms with Gasteiger partial charge >= 0.3 is 0 Å². The van der Waals surface area contributed by atoms with Crippen molar-refractivity contribution in [3.63, 3.8) is 0 Å². The van der Waals surface area contributed by atoms with E-state index in [0.717, 1.165) is 21.9 Å². The number of carbonyl (C=O) groups is 1. The number of methoxy groups -OCH3 is 1. The standard InChI is InChI=1S/C22H18FNO3S/c1-26-21-10-17-16-4-2-3-5-19(16)27-20(17)11-18(21)24-22(25)13-28-12-14-6-8-15(23)9-7-14/h2-11H,12-13H2,1H3,(H,24,25). The molecular formula is C22H18FNO3S. The first-order chi connectivity index (χ1) is 13.6. The SMILES string of the molecule is COc1cc2c(cc1NC(=O)CSCc1ccc(F)cc1)oc1ccccc12. The minimum absolute atomic E-state index is 0.138. The molecule has 0 saturated heterocycles. The number of hydrogen-bond donors (Lipinski definition) is 1. The van der Waals surface area contributed by atoms with Crippen molar-refractivity contribution < 1.29 is 18.3 Å². The third-order valence-corrected chi connectivity index (χ3v) is 5.39. The van der Waals surface area contributed by atoms with Crippen LogP contribution in [-0.2, 0) is 10.5 Å². The van der Waals surface area contributed by atoms with Gasteiger partial charge in [-0.1, -0.05) is 30.3 Å². The van der Waals surface area contributed by atoms with E-state index in [2.05, 4.69) is 5.32 Å². The molecular weight excluding hydrogens is 377 g/mol. The molecule has 1 N–H and O–H groups in total. The zero-order chi connectivity index (χ0) is 19.5. The summed E-state index contributed by atoms with van der Waals surface area (Å²) in [5.74, 6) is 1.09. The summed E-state index contributed by atoms with van der Waals surface area (Å²) in [5.41, 5.74) is 3.02. The number of thioether (sulfide) groups is 1. The summed E-state index contributed by atoms with van der Waals surface area (Å²) in [4.78, 5) is 12.4. The van der Waals surface area contributed by atoms with Crippen molar-refractivity contribution >= 4 is 45.3 Å². The topological polar surface area (TPSA) is 51.5 Å². The third-order valence-electron chi connectivity index (χ3n) is 4.39. The van der Waals surface area contributed by atoms with Gasteiger partial charge in [-0.2, -0.15) is 0 Å². The second-order valence-corrected chi connectivity index (χ2v) is 7.30. The molecule has 0 spiro atoms. The molecule has 4 rings (SSSR count). The highest BCUT2D eigenvalue weighted by Crippen LogP contribution is 2.36. The van der Waals surface area contributed by atoms with E-state index >= 15 is 0 Å². The number of furan rings is 1. The van der Waals surface area contributed by atoms with Gasteiger partial charge in [-0.3, -0.25) is 4.79 Å². The fourth-order valence-electron chi connectivity index (χ4n) is 3.05. The van der Waals surface area contributed by atoms with Crippen LogP contribution in [0.15, 0.2) is 65.1 Å². The monoisotopic (exact) mass is 395 g/mol. The fourth-order valence-corrected chi connectivity index (χ4v) is 3.83. The van der Waals surface area contributed by atoms with Crippen molar-refractivity contribution in [2.75, 3.05) is 18.2 Å². The lowest BCUT2D eigenvalue weighted by Gasteiger charge is -2.10. The zero-order valence-electron chi connectivity index (χ0n) is 15.2. The Morgan fingerprint density at radius 2 is 1.86 bits per heavy atom. The highest BCUT2D eigenvalue weighted by molar-refractivity contribution is 7.99. The van der Waals surface area contributed by atoms with Crippen LogP contribution < -0.4 is 10.1 Å². The third kappa shape index (κ3) is 3.82. The van der Waals surface area contributed by atoms with Crippen LogP contribution in [0.25, 0.3) is 21.9 Å². The molecule has 0 bridgehead atoms. The summed E-state index contributed by atoms with van der Waals surface area (Å²) < 4.78 is 24.3. The van der Waals surface area contributed by atoms with Crippen molar-refractivity contribution in [1.82, 2.24) is 0 Å². The van der Waals surface area contributed by atoms with E-state index in [1.165, 1.54) is 23.9 Å². The number of fused-ring (bicyclic) bond motifs is 3. The molecule has 0 aliphatic carbocycles. The molecule has 0 aliphatic rings. The van der Waals surface area contributed by atoms with E-state index in [4.69, 9.17) is 9.15 Å². The maximum Gasteiger partial charge on any atom is 0.234 e. The molecule has 3 aromatic carbocycles. The van der Waals surface area contributed by atoms with Crippen molar-refractivity contribution in [3.05, 3.63) is 72.0 Å². The first-order valence-electron chi connectivity index (χ1n) is 8.75. The summed E-state index contributed by atoms with van der Waals surface area (Å²) in [7, 11) is 1.57. The lowest BCUT2D eigenvalue weighted by molar-refractivity contribution is -0.113. The predicted molar refractivity (Wildman–Crippen MR) is 111 cm³/mol. The summed E-state index contributed by atoms with van der Waals surface area (Å²) in [5, 5.41) is 4.83. The first kappa shape index (κ1) is 18.4. The average Bonchev–Trinajstić information content (AvgIpc) is 3.06. The number of halogens is 1. The van der Waals surface area contributed by atoms with Crippen molar-refractivity contribution in [1.29, 1.82) is 0 Å². The smallest absolute Gasteiger partial charge is 0.234 e. The summed E-state index contributed by atoms with van der Waals surface area (Å²) >= 11 is 1.46. The fraction of sp³-hybridized carbons (Fsp3) is 0.136. The molecule has 6 heteroatoms. The quantitative estimate of drug-likeness (QED) is 0.461. The predicted octanol–water partition coefficient (Wildman–Crippen LogP) is 5.61. The molecule has 0 atom stereocenters. The average molecular weight is 395 g/mol. The van der Waals surface area contributed by atoms with Crippen LogP contribution >= 0.6 is 11.8 Å². The van der Waals surface area contributed by atoms with Crippen LogP contribution in [0, 0.1) is 5.82 Å². The van der Waals surface area contributed by atoms with Crippen LogP contribution in [0.1, 0.15) is 5.56 Å². The zero-order valence-corrected chi connectivity index (χ0v) is 16.0. The van der Waals surface area contributed by atoms with E-state index in [0.29, 0.717) is 22.8 Å². The Hall–Kier alpha value is -2.99. The maximum absolute atomic E-state index is 12.9. The van der Waals surface area contributed by atoms with E-state index in [1.54, 1.807) is 25.3 Å². The molecule has 4 nitrogen and oxygen atoms in total. The Morgan fingerprint density at radius 3 is 2.64 bits per heavy atom. The summed E-state index contributed by atoms with van der Waals surface area (Å²) in [6.07, 6.45) is 0. The van der Waals surface area contributed by atoms with Crippen molar-refractivity contribution in [2.45, 2.75) is 5.75 Å². The largest absolute Gasteiger partial charge is 0.495 e. The minimum atomic E-state index is -0.264. The maximum atomic E-state index is 12.9. The number of carbonyl (C=O) groups excluding carboxylic acids is 1. The Bertz CT molecular complexity index is 1140. The highest BCUT2D eigenvalue weighted by Gasteiger charge is 2.14. The van der Waals surface area contributed by atoms with Crippen LogP contribution in [0.5, 0.6) is 5.75 Å². The van der Waals surface area contributed by atoms with Gasteiger partial charge in [0.15, 0.2) is 0 Å². The van der Waals surface area contributed by atoms with E-state index < -0.39 is 0 Å². The number of rotatable bonds is 6. The summed E-state index contributed by atoms with van der Waals surface area (Å²) in [6.45, 7) is 0. The second kappa shape index (κ2) is 7.94. The van der Waals surface area contributed by atoms with Gasteiger partial charge in [0.25, 0.3) is 0 Å². The second-order valence-electron chi connectivity index (χ2n) is 6.31. The van der Waals surface area contributed by atoms with Gasteiger partial charge in [-0.15, -0.1) is 11.8 Å². The van der Waals surface area contributed by atoms with E-state index in [-0.39, 0.29) is 17.5 Å². The Labute approximate surface area is 165 Å². The molecule has 142 valence electrons. The Balaban J connectivity index is 1.47. The number of ether oxygens (including phenoxy) is 1. The molecule has 0 fully saturated rings. The molecule has 1 heterocycles. The van der Waals surface area contributed by atoms with E-state index in [1.807, 2.05) is 30.3 Å². The first-order valence-corrected chi connectivity index (χ1v) is 9.91.